The minimum absolute atomic E-state index is 0.0222. The molecule has 0 saturated carbocycles. The van der Waals surface area contributed by atoms with Gasteiger partial charge in [0.15, 0.2) is 0 Å². The Balaban J connectivity index is 2.55. The predicted octanol–water partition coefficient (Wildman–Crippen LogP) is 1.23. The fourth-order valence-corrected chi connectivity index (χ4v) is 0.999. The molecule has 1 aliphatic heterocycles. The highest BCUT2D eigenvalue weighted by atomic mass is 19.1. The Morgan fingerprint density at radius 2 is 2.82 bits per heavy atom. The van der Waals surface area contributed by atoms with Gasteiger partial charge >= 0.3 is 6.09 Å². The van der Waals surface area contributed by atoms with E-state index in [1.54, 1.807) is 0 Å². The van der Waals surface area contributed by atoms with E-state index in [4.69, 9.17) is 4.11 Å². The minimum atomic E-state index is -2.68. The van der Waals surface area contributed by atoms with E-state index in [2.05, 4.69) is 10.1 Å². The summed E-state index contributed by atoms with van der Waals surface area (Å²) in [5.74, 6) is 0. The molecule has 0 bridgehead atoms. The van der Waals surface area contributed by atoms with Crippen LogP contribution >= 0.6 is 0 Å². The molecule has 0 spiro atoms. The van der Waals surface area contributed by atoms with Gasteiger partial charge in [0.05, 0.1) is 6.04 Å². The number of hydrogen-bond acceptors (Lipinski definition) is 2. The summed E-state index contributed by atoms with van der Waals surface area (Å²) < 4.78 is 39.0. The van der Waals surface area contributed by atoms with Crippen LogP contribution in [0, 0.1) is 0 Å². The first-order chi connectivity index (χ1) is 6.22. The first kappa shape index (κ1) is 4.95. The number of carbonyl (C=O) groups is 1. The van der Waals surface area contributed by atoms with Crippen molar-refractivity contribution in [3.05, 3.63) is 0 Å². The number of alkyl halides is 1. The zero-order valence-electron chi connectivity index (χ0n) is 9.19. The van der Waals surface area contributed by atoms with Gasteiger partial charge in [0.1, 0.15) is 12.3 Å². The van der Waals surface area contributed by atoms with Gasteiger partial charge < -0.3 is 10.1 Å². The van der Waals surface area contributed by atoms with E-state index in [0.717, 1.165) is 6.92 Å². The highest BCUT2D eigenvalue weighted by Gasteiger charge is 2.28. The van der Waals surface area contributed by atoms with Crippen molar-refractivity contribution in [3.63, 3.8) is 0 Å². The lowest BCUT2D eigenvalue weighted by Gasteiger charge is -2.16. The molecule has 1 rings (SSSR count). The highest BCUT2D eigenvalue weighted by Crippen LogP contribution is 2.18. The van der Waals surface area contributed by atoms with Crippen LogP contribution in [0.15, 0.2) is 0 Å². The number of hydrogen-bond donors (Lipinski definition) is 1. The number of rotatable bonds is 2. The van der Waals surface area contributed by atoms with Gasteiger partial charge in [-0.15, -0.1) is 0 Å². The van der Waals surface area contributed by atoms with Crippen molar-refractivity contribution in [3.8, 4) is 0 Å². The first-order valence-corrected chi connectivity index (χ1v) is 3.34. The van der Waals surface area contributed by atoms with Crippen LogP contribution in [-0.4, -0.2) is 24.4 Å². The smallest absolute Gasteiger partial charge is 0.407 e. The van der Waals surface area contributed by atoms with E-state index < -0.39 is 24.7 Å². The van der Waals surface area contributed by atoms with Gasteiger partial charge in [-0.1, -0.05) is 0 Å². The molecule has 64 valence electrons. The second-order valence-corrected chi connectivity index (χ2v) is 2.84. The highest BCUT2D eigenvalue weighted by molar-refractivity contribution is 5.69. The van der Waals surface area contributed by atoms with Gasteiger partial charge in [0, 0.05) is 10.5 Å². The molecule has 0 aromatic carbocycles. The van der Waals surface area contributed by atoms with Crippen LogP contribution in [0.5, 0.6) is 0 Å². The molecule has 1 saturated heterocycles. The Hall–Kier alpha value is -0.800. The lowest BCUT2D eigenvalue weighted by molar-refractivity contribution is 0.163. The summed E-state index contributed by atoms with van der Waals surface area (Å²) >= 11 is 0. The van der Waals surface area contributed by atoms with E-state index in [1.807, 2.05) is 0 Å². The molecule has 1 amide bonds. The second-order valence-electron chi connectivity index (χ2n) is 2.84. The quantitative estimate of drug-likeness (QED) is 0.666. The van der Waals surface area contributed by atoms with Crippen LogP contribution in [0.25, 0.3) is 0 Å². The number of ether oxygens (including phenoxy) is 1. The van der Waals surface area contributed by atoms with Gasteiger partial charge in [0.25, 0.3) is 0 Å². The molecule has 1 aliphatic rings. The second kappa shape index (κ2) is 2.68. The maximum absolute atomic E-state index is 13.6. The third-order valence-corrected chi connectivity index (χ3v) is 1.37. The van der Waals surface area contributed by atoms with Gasteiger partial charge in [0.2, 0.25) is 0 Å². The third-order valence-electron chi connectivity index (χ3n) is 1.37. The molecule has 1 fully saturated rings. The SMILES string of the molecule is [2H]C([2H])([2H])C(C)(F)C[C@H]1COC(=O)N1. The van der Waals surface area contributed by atoms with Crippen molar-refractivity contribution in [2.75, 3.05) is 6.61 Å². The zero-order chi connectivity index (χ0) is 11.0. The Labute approximate surface area is 69.1 Å². The summed E-state index contributed by atoms with van der Waals surface area (Å²) in [6, 6.07) is -0.557. The van der Waals surface area contributed by atoms with Gasteiger partial charge in [-0.3, -0.25) is 0 Å². The maximum Gasteiger partial charge on any atom is 0.407 e. The molecule has 1 unspecified atom stereocenters. The molecule has 0 aromatic rings. The number of nitrogens with one attached hydrogen (secondary N) is 1. The molecule has 11 heavy (non-hydrogen) atoms. The van der Waals surface area contributed by atoms with Crippen molar-refractivity contribution in [2.24, 2.45) is 0 Å². The largest absolute Gasteiger partial charge is 0.447 e. The number of carbonyl (C=O) groups excluding carboxylic acids is 1. The molecular formula is C7H12FNO2. The zero-order valence-corrected chi connectivity index (χ0v) is 6.19. The molecule has 3 nitrogen and oxygen atoms in total. The van der Waals surface area contributed by atoms with Crippen molar-refractivity contribution in [2.45, 2.75) is 31.9 Å². The fraction of sp³-hybridized carbons (Fsp3) is 0.857. The van der Waals surface area contributed by atoms with E-state index in [1.165, 1.54) is 0 Å². The van der Waals surface area contributed by atoms with Crippen molar-refractivity contribution in [1.29, 1.82) is 0 Å². The number of alkyl carbamates (subject to hydrolysis) is 1. The van der Waals surface area contributed by atoms with Gasteiger partial charge in [-0.05, 0) is 13.8 Å². The average molecular weight is 164 g/mol. The van der Waals surface area contributed by atoms with Crippen molar-refractivity contribution < 1.29 is 18.0 Å². The van der Waals surface area contributed by atoms with Crippen LogP contribution in [0.1, 0.15) is 24.3 Å². The normalized spacial score (nSPS) is 34.2. The van der Waals surface area contributed by atoms with E-state index in [0.29, 0.717) is 0 Å². The Kier molecular flexibility index (Phi) is 1.21. The monoisotopic (exact) mass is 164 g/mol. The van der Waals surface area contributed by atoms with Crippen molar-refractivity contribution >= 4 is 6.09 Å². The molecule has 0 aromatic heterocycles. The summed E-state index contributed by atoms with van der Waals surface area (Å²) in [7, 11) is 0. The van der Waals surface area contributed by atoms with Crippen LogP contribution in [-0.2, 0) is 4.74 Å². The lowest BCUT2D eigenvalue weighted by atomic mass is 10.0. The molecular weight excluding hydrogens is 149 g/mol. The molecule has 0 radical (unpaired) electrons. The predicted molar refractivity (Wildman–Crippen MR) is 38.1 cm³/mol. The average Bonchev–Trinajstić information content (AvgIpc) is 2.31. The summed E-state index contributed by atoms with van der Waals surface area (Å²) in [6.07, 6.45) is -0.897. The van der Waals surface area contributed by atoms with E-state index >= 15 is 0 Å². The van der Waals surface area contributed by atoms with E-state index in [-0.39, 0.29) is 13.0 Å². The van der Waals surface area contributed by atoms with Gasteiger partial charge in [-0.2, -0.15) is 0 Å². The van der Waals surface area contributed by atoms with Crippen LogP contribution in [0.2, 0.25) is 0 Å². The number of halogens is 1. The van der Waals surface area contributed by atoms with Crippen LogP contribution in [0.4, 0.5) is 9.18 Å². The topological polar surface area (TPSA) is 38.3 Å². The fourth-order valence-electron chi connectivity index (χ4n) is 0.999. The van der Waals surface area contributed by atoms with Crippen LogP contribution < -0.4 is 5.32 Å². The Morgan fingerprint density at radius 3 is 3.27 bits per heavy atom. The third kappa shape index (κ3) is 2.74. The lowest BCUT2D eigenvalue weighted by Crippen LogP contribution is -2.32. The minimum Gasteiger partial charge on any atom is -0.447 e. The first-order valence-electron chi connectivity index (χ1n) is 4.84. The Morgan fingerprint density at radius 1 is 2.09 bits per heavy atom. The Bertz CT molecular complexity index is 242. The molecule has 1 heterocycles. The molecule has 4 heteroatoms. The number of amides is 1. The van der Waals surface area contributed by atoms with Gasteiger partial charge in [-0.25, -0.2) is 9.18 Å². The van der Waals surface area contributed by atoms with E-state index in [9.17, 15) is 9.18 Å². The summed E-state index contributed by atoms with van der Waals surface area (Å²) in [5, 5.41) is 2.33. The summed E-state index contributed by atoms with van der Waals surface area (Å²) in [4.78, 5) is 10.6. The maximum atomic E-state index is 13.6. The molecule has 1 N–H and O–H groups in total. The summed E-state index contributed by atoms with van der Waals surface area (Å²) in [6.45, 7) is -1.65. The summed E-state index contributed by atoms with van der Waals surface area (Å²) in [5.41, 5.74) is -2.31. The molecule has 0 aliphatic carbocycles. The van der Waals surface area contributed by atoms with Crippen molar-refractivity contribution in [1.82, 2.24) is 5.32 Å². The standard InChI is InChI=1S/C7H12FNO2/c1-7(2,8)3-5-4-11-6(10)9-5/h5H,3-4H2,1-2H3,(H,9,10)/t5-/m0/s1/i1D3/t5-,7?. The van der Waals surface area contributed by atoms with Crippen LogP contribution in [0.3, 0.4) is 0 Å². The number of cyclic esters (lactones) is 1. The molecule has 2 atom stereocenters.